The highest BCUT2D eigenvalue weighted by molar-refractivity contribution is 6.31. The molecule has 0 fully saturated rings. The lowest BCUT2D eigenvalue weighted by Crippen LogP contribution is -2.01. The van der Waals surface area contributed by atoms with Gasteiger partial charge in [0.25, 0.3) is 5.69 Å². The SMILES string of the molecule is O=[N+]([O-])c1cc(F)c(Cl)cc1Nc1ncnc2nc[nH]c12. The molecule has 2 heterocycles. The van der Waals surface area contributed by atoms with Crippen LogP contribution in [0, 0.1) is 15.9 Å². The average Bonchev–Trinajstić information content (AvgIpc) is 2.91. The summed E-state index contributed by atoms with van der Waals surface area (Å²) in [6.07, 6.45) is 2.67. The summed E-state index contributed by atoms with van der Waals surface area (Å²) in [5.74, 6) is -0.605. The fourth-order valence-electron chi connectivity index (χ4n) is 1.77. The highest BCUT2D eigenvalue weighted by Gasteiger charge is 2.19. The molecule has 2 N–H and O–H groups in total. The van der Waals surface area contributed by atoms with Crippen LogP contribution < -0.4 is 5.32 Å². The van der Waals surface area contributed by atoms with E-state index in [2.05, 4.69) is 25.3 Å². The summed E-state index contributed by atoms with van der Waals surface area (Å²) in [7, 11) is 0. The lowest BCUT2D eigenvalue weighted by atomic mass is 10.2. The number of halogens is 2. The van der Waals surface area contributed by atoms with Gasteiger partial charge in [-0.15, -0.1) is 0 Å². The number of nitrogens with one attached hydrogen (secondary N) is 2. The molecule has 21 heavy (non-hydrogen) atoms. The van der Waals surface area contributed by atoms with E-state index in [9.17, 15) is 14.5 Å². The second kappa shape index (κ2) is 4.94. The Bertz CT molecular complexity index is 852. The fourth-order valence-corrected chi connectivity index (χ4v) is 1.94. The maximum atomic E-state index is 13.4. The Morgan fingerprint density at radius 3 is 2.90 bits per heavy atom. The number of nitrogens with zero attached hydrogens (tertiary/aromatic N) is 4. The van der Waals surface area contributed by atoms with Gasteiger partial charge >= 0.3 is 0 Å². The van der Waals surface area contributed by atoms with E-state index in [0.29, 0.717) is 11.2 Å². The van der Waals surface area contributed by atoms with Gasteiger partial charge in [-0.1, -0.05) is 11.6 Å². The largest absolute Gasteiger partial charge is 0.340 e. The van der Waals surface area contributed by atoms with E-state index in [1.807, 2.05) is 0 Å². The van der Waals surface area contributed by atoms with Crippen molar-refractivity contribution in [1.82, 2.24) is 19.9 Å². The first-order valence-electron chi connectivity index (χ1n) is 5.61. The Balaban J connectivity index is 2.11. The number of hydrogen-bond acceptors (Lipinski definition) is 6. The van der Waals surface area contributed by atoms with Gasteiger partial charge in [-0.3, -0.25) is 10.1 Å². The van der Waals surface area contributed by atoms with Gasteiger partial charge < -0.3 is 10.3 Å². The molecule has 0 atom stereocenters. The van der Waals surface area contributed by atoms with Crippen molar-refractivity contribution in [1.29, 1.82) is 0 Å². The first kappa shape index (κ1) is 13.2. The molecule has 0 aliphatic rings. The minimum atomic E-state index is -0.872. The van der Waals surface area contributed by atoms with Crippen LogP contribution >= 0.6 is 11.6 Å². The third-order valence-electron chi connectivity index (χ3n) is 2.71. The highest BCUT2D eigenvalue weighted by atomic mass is 35.5. The number of hydrogen-bond donors (Lipinski definition) is 2. The number of imidazole rings is 1. The molecule has 0 saturated heterocycles. The molecule has 0 saturated carbocycles. The van der Waals surface area contributed by atoms with Crippen molar-refractivity contribution < 1.29 is 9.31 Å². The Morgan fingerprint density at radius 1 is 1.33 bits per heavy atom. The van der Waals surface area contributed by atoms with E-state index in [-0.39, 0.29) is 16.5 Å². The van der Waals surface area contributed by atoms with Crippen molar-refractivity contribution in [2.45, 2.75) is 0 Å². The molecule has 10 heteroatoms. The smallest absolute Gasteiger partial charge is 0.295 e. The molecule has 0 aliphatic heterocycles. The zero-order valence-corrected chi connectivity index (χ0v) is 10.9. The Morgan fingerprint density at radius 2 is 2.14 bits per heavy atom. The van der Waals surface area contributed by atoms with Crippen LogP contribution in [0.2, 0.25) is 5.02 Å². The molecule has 8 nitrogen and oxygen atoms in total. The summed E-state index contributed by atoms with van der Waals surface area (Å²) in [6, 6.07) is 1.87. The first-order valence-corrected chi connectivity index (χ1v) is 5.98. The number of aromatic nitrogens is 4. The number of H-pyrrole nitrogens is 1. The zero-order chi connectivity index (χ0) is 15.0. The van der Waals surface area contributed by atoms with Crippen LogP contribution in [-0.2, 0) is 0 Å². The monoisotopic (exact) mass is 308 g/mol. The van der Waals surface area contributed by atoms with Crippen molar-refractivity contribution in [2.24, 2.45) is 0 Å². The van der Waals surface area contributed by atoms with Crippen LogP contribution in [-0.4, -0.2) is 24.9 Å². The van der Waals surface area contributed by atoms with Crippen molar-refractivity contribution in [2.75, 3.05) is 5.32 Å². The van der Waals surface area contributed by atoms with Crippen LogP contribution in [0.3, 0.4) is 0 Å². The molecule has 0 amide bonds. The summed E-state index contributed by atoms with van der Waals surface area (Å²) < 4.78 is 13.4. The van der Waals surface area contributed by atoms with Gasteiger partial charge in [0, 0.05) is 0 Å². The molecule has 2 aromatic heterocycles. The summed E-state index contributed by atoms with van der Waals surface area (Å²) in [5, 5.41) is 13.5. The number of fused-ring (bicyclic) bond motifs is 1. The van der Waals surface area contributed by atoms with E-state index >= 15 is 0 Å². The van der Waals surface area contributed by atoms with Crippen molar-refractivity contribution in [3.05, 3.63) is 45.7 Å². The molecule has 3 aromatic rings. The lowest BCUT2D eigenvalue weighted by Gasteiger charge is -2.07. The number of aromatic amines is 1. The Kier molecular flexibility index (Phi) is 3.10. The average molecular weight is 309 g/mol. The van der Waals surface area contributed by atoms with E-state index in [4.69, 9.17) is 11.6 Å². The minimum Gasteiger partial charge on any atom is -0.340 e. The van der Waals surface area contributed by atoms with Crippen LogP contribution in [0.1, 0.15) is 0 Å². The van der Waals surface area contributed by atoms with E-state index in [1.54, 1.807) is 0 Å². The maximum Gasteiger partial charge on any atom is 0.295 e. The number of nitro groups is 1. The second-order valence-electron chi connectivity index (χ2n) is 3.99. The molecule has 3 rings (SSSR count). The Hall–Kier alpha value is -2.81. The second-order valence-corrected chi connectivity index (χ2v) is 4.40. The van der Waals surface area contributed by atoms with Gasteiger partial charge in [0.15, 0.2) is 11.5 Å². The lowest BCUT2D eigenvalue weighted by molar-refractivity contribution is -0.384. The van der Waals surface area contributed by atoms with Crippen molar-refractivity contribution in [3.8, 4) is 0 Å². The predicted octanol–water partition coefficient (Wildman–Crippen LogP) is 2.80. The van der Waals surface area contributed by atoms with E-state index in [0.717, 1.165) is 12.1 Å². The topological polar surface area (TPSA) is 110 Å². The molecule has 0 radical (unpaired) electrons. The zero-order valence-electron chi connectivity index (χ0n) is 10.2. The van der Waals surface area contributed by atoms with Crippen molar-refractivity contribution in [3.63, 3.8) is 0 Å². The molecule has 106 valence electrons. The molecular formula is C11H6ClFN6O2. The number of nitro benzene ring substituents is 1. The number of rotatable bonds is 3. The first-order chi connectivity index (χ1) is 10.1. The molecule has 0 aliphatic carbocycles. The van der Waals surface area contributed by atoms with Crippen molar-refractivity contribution >= 4 is 40.0 Å². The molecular weight excluding hydrogens is 303 g/mol. The Labute approximate surface area is 121 Å². The molecule has 0 unspecified atom stereocenters. The van der Waals surface area contributed by atoms with E-state index < -0.39 is 16.4 Å². The standard InChI is InChI=1S/C11H6ClFN6O2/c12-5-1-7(8(19(20)21)2-6(5)13)18-11-9-10(15-3-14-9)16-4-17-11/h1-4H,(H2,14,15,16,17,18). The summed E-state index contributed by atoms with van der Waals surface area (Å²) in [6.45, 7) is 0. The molecule has 1 aromatic carbocycles. The number of benzene rings is 1. The van der Waals surface area contributed by atoms with Crippen LogP contribution in [0.15, 0.2) is 24.8 Å². The summed E-state index contributed by atoms with van der Waals surface area (Å²) in [4.78, 5) is 24.9. The maximum absolute atomic E-state index is 13.4. The predicted molar refractivity (Wildman–Crippen MR) is 73.0 cm³/mol. The molecule has 0 spiro atoms. The summed E-state index contributed by atoms with van der Waals surface area (Å²) in [5.41, 5.74) is 0.416. The van der Waals surface area contributed by atoms with Gasteiger partial charge in [-0.2, -0.15) is 0 Å². The number of anilines is 2. The third-order valence-corrected chi connectivity index (χ3v) is 3.00. The van der Waals surface area contributed by atoms with E-state index in [1.165, 1.54) is 12.7 Å². The van der Waals surface area contributed by atoms with Gasteiger partial charge in [0.1, 0.15) is 23.3 Å². The normalized spacial score (nSPS) is 10.8. The molecule has 0 bridgehead atoms. The van der Waals surface area contributed by atoms with Crippen LogP contribution in [0.5, 0.6) is 0 Å². The van der Waals surface area contributed by atoms with Gasteiger partial charge in [0.05, 0.1) is 22.3 Å². The third kappa shape index (κ3) is 2.34. The van der Waals surface area contributed by atoms with Crippen LogP contribution in [0.4, 0.5) is 21.6 Å². The summed E-state index contributed by atoms with van der Waals surface area (Å²) >= 11 is 5.66. The van der Waals surface area contributed by atoms with Gasteiger partial charge in [-0.25, -0.2) is 19.3 Å². The van der Waals surface area contributed by atoms with Crippen LogP contribution in [0.25, 0.3) is 11.2 Å². The van der Waals surface area contributed by atoms with Gasteiger partial charge in [0.2, 0.25) is 0 Å². The highest BCUT2D eigenvalue weighted by Crippen LogP contribution is 2.33. The van der Waals surface area contributed by atoms with Gasteiger partial charge in [-0.05, 0) is 6.07 Å². The quantitative estimate of drug-likeness (QED) is 0.568. The fraction of sp³-hybridized carbons (Fsp3) is 0. The minimum absolute atomic E-state index is 0.0148.